The number of nitrogen functional groups attached to an aromatic ring is 2. The number of hydrogen-bond acceptors (Lipinski definition) is 4. The maximum atomic E-state index is 5.81. The maximum Gasteiger partial charge on any atom is 0.0717 e. The maximum absolute atomic E-state index is 5.81. The first-order chi connectivity index (χ1) is 10.9. The van der Waals surface area contributed by atoms with Crippen molar-refractivity contribution in [3.8, 4) is 0 Å². The number of benzene rings is 2. The van der Waals surface area contributed by atoms with E-state index in [4.69, 9.17) is 20.9 Å². The Labute approximate surface area is 138 Å². The lowest BCUT2D eigenvalue weighted by molar-refractivity contribution is -0.0142. The summed E-state index contributed by atoms with van der Waals surface area (Å²) in [7, 11) is 0. The van der Waals surface area contributed by atoms with E-state index in [1.54, 1.807) is 0 Å². The van der Waals surface area contributed by atoms with Crippen molar-refractivity contribution >= 4 is 11.4 Å². The average molecular weight is 314 g/mol. The Morgan fingerprint density at radius 2 is 1.04 bits per heavy atom. The molecule has 4 nitrogen and oxygen atoms in total. The van der Waals surface area contributed by atoms with Crippen LogP contribution in [0.4, 0.5) is 11.4 Å². The van der Waals surface area contributed by atoms with Gasteiger partial charge in [-0.25, -0.2) is 0 Å². The lowest BCUT2D eigenvalue weighted by Gasteiger charge is -2.24. The van der Waals surface area contributed by atoms with Crippen LogP contribution in [0.15, 0.2) is 48.5 Å². The van der Waals surface area contributed by atoms with Crippen molar-refractivity contribution in [3.63, 3.8) is 0 Å². The minimum atomic E-state index is -0.0401. The summed E-state index contributed by atoms with van der Waals surface area (Å²) in [5.74, 6) is 0. The molecule has 0 aliphatic heterocycles. The molecule has 0 radical (unpaired) electrons. The average Bonchev–Trinajstić information content (AvgIpc) is 2.51. The minimum Gasteiger partial charge on any atom is -0.399 e. The van der Waals surface area contributed by atoms with Crippen molar-refractivity contribution in [1.82, 2.24) is 0 Å². The molecule has 0 unspecified atom stereocenters. The van der Waals surface area contributed by atoms with Gasteiger partial charge in [0.25, 0.3) is 0 Å². The predicted octanol–water partition coefficient (Wildman–Crippen LogP) is 3.61. The summed E-state index contributed by atoms with van der Waals surface area (Å²) in [5.41, 5.74) is 15.1. The van der Waals surface area contributed by atoms with Gasteiger partial charge in [0.2, 0.25) is 0 Å². The van der Waals surface area contributed by atoms with Crippen LogP contribution in [0.5, 0.6) is 0 Å². The molecule has 4 N–H and O–H groups in total. The van der Waals surface area contributed by atoms with Crippen molar-refractivity contribution in [2.24, 2.45) is 5.41 Å². The van der Waals surface area contributed by atoms with E-state index in [9.17, 15) is 0 Å². The molecule has 0 saturated carbocycles. The third-order valence-electron chi connectivity index (χ3n) is 3.48. The second kappa shape index (κ2) is 7.99. The largest absolute Gasteiger partial charge is 0.399 e. The summed E-state index contributed by atoms with van der Waals surface area (Å²) in [5, 5.41) is 0. The van der Waals surface area contributed by atoms with Gasteiger partial charge >= 0.3 is 0 Å². The second-order valence-corrected chi connectivity index (χ2v) is 6.63. The summed E-state index contributed by atoms with van der Waals surface area (Å²) in [4.78, 5) is 0. The quantitative estimate of drug-likeness (QED) is 0.730. The zero-order valence-corrected chi connectivity index (χ0v) is 13.9. The van der Waals surface area contributed by atoms with E-state index in [2.05, 4.69) is 13.8 Å². The molecule has 23 heavy (non-hydrogen) atoms. The van der Waals surface area contributed by atoms with Crippen LogP contribution in [0, 0.1) is 5.41 Å². The van der Waals surface area contributed by atoms with Gasteiger partial charge in [-0.15, -0.1) is 0 Å². The van der Waals surface area contributed by atoms with Crippen LogP contribution >= 0.6 is 0 Å². The van der Waals surface area contributed by atoms with Gasteiger partial charge < -0.3 is 20.9 Å². The third kappa shape index (κ3) is 6.30. The van der Waals surface area contributed by atoms with Gasteiger partial charge in [-0.2, -0.15) is 0 Å². The van der Waals surface area contributed by atoms with Crippen LogP contribution in [-0.4, -0.2) is 13.2 Å². The summed E-state index contributed by atoms with van der Waals surface area (Å²) in [6, 6.07) is 15.5. The van der Waals surface area contributed by atoms with Gasteiger partial charge in [-0.3, -0.25) is 0 Å². The molecule has 2 rings (SSSR count). The summed E-state index contributed by atoms with van der Waals surface area (Å²) in [6.45, 7) is 6.72. The molecule has 0 heterocycles. The molecule has 2 aromatic carbocycles. The molecule has 0 aromatic heterocycles. The fourth-order valence-corrected chi connectivity index (χ4v) is 2.16. The standard InChI is InChI=1S/C19H26N2O2/c1-19(2,13-22-11-15-3-7-17(20)8-4-15)14-23-12-16-5-9-18(21)10-6-16/h3-10H,11-14,20-21H2,1-2H3. The zero-order valence-electron chi connectivity index (χ0n) is 13.9. The molecule has 0 aliphatic rings. The van der Waals surface area contributed by atoms with Crippen LogP contribution in [-0.2, 0) is 22.7 Å². The fraction of sp³-hybridized carbons (Fsp3) is 0.368. The number of anilines is 2. The number of hydrogen-bond donors (Lipinski definition) is 2. The first-order valence-corrected chi connectivity index (χ1v) is 7.79. The topological polar surface area (TPSA) is 70.5 Å². The Morgan fingerprint density at radius 3 is 1.39 bits per heavy atom. The fourth-order valence-electron chi connectivity index (χ4n) is 2.16. The predicted molar refractivity (Wildman–Crippen MR) is 94.8 cm³/mol. The Hall–Kier alpha value is -2.04. The molecule has 0 bridgehead atoms. The summed E-state index contributed by atoms with van der Waals surface area (Å²) >= 11 is 0. The molecular weight excluding hydrogens is 288 g/mol. The highest BCUT2D eigenvalue weighted by Crippen LogP contribution is 2.18. The molecule has 124 valence electrons. The molecule has 0 amide bonds. The molecular formula is C19H26N2O2. The van der Waals surface area contributed by atoms with E-state index < -0.39 is 0 Å². The van der Waals surface area contributed by atoms with E-state index in [0.717, 1.165) is 22.5 Å². The molecule has 0 atom stereocenters. The lowest BCUT2D eigenvalue weighted by atomic mass is 9.96. The van der Waals surface area contributed by atoms with Gasteiger partial charge in [-0.1, -0.05) is 38.1 Å². The second-order valence-electron chi connectivity index (χ2n) is 6.63. The monoisotopic (exact) mass is 314 g/mol. The van der Waals surface area contributed by atoms with Crippen molar-refractivity contribution in [1.29, 1.82) is 0 Å². The van der Waals surface area contributed by atoms with Crippen LogP contribution in [0.1, 0.15) is 25.0 Å². The van der Waals surface area contributed by atoms with Crippen LogP contribution < -0.4 is 11.5 Å². The van der Waals surface area contributed by atoms with Gasteiger partial charge in [0.15, 0.2) is 0 Å². The van der Waals surface area contributed by atoms with Crippen molar-refractivity contribution < 1.29 is 9.47 Å². The minimum absolute atomic E-state index is 0.0401. The third-order valence-corrected chi connectivity index (χ3v) is 3.48. The van der Waals surface area contributed by atoms with Gasteiger partial charge in [0.05, 0.1) is 26.4 Å². The molecule has 2 aromatic rings. The van der Waals surface area contributed by atoms with Crippen molar-refractivity contribution in [3.05, 3.63) is 59.7 Å². The van der Waals surface area contributed by atoms with Crippen molar-refractivity contribution in [2.45, 2.75) is 27.1 Å². The van der Waals surface area contributed by atoms with Gasteiger partial charge in [0.1, 0.15) is 0 Å². The van der Waals surface area contributed by atoms with Crippen LogP contribution in [0.3, 0.4) is 0 Å². The van der Waals surface area contributed by atoms with Crippen molar-refractivity contribution in [2.75, 3.05) is 24.7 Å². The Morgan fingerprint density at radius 1 is 0.696 bits per heavy atom. The van der Waals surface area contributed by atoms with Gasteiger partial charge in [-0.05, 0) is 35.4 Å². The Kier molecular flexibility index (Phi) is 6.02. The zero-order chi connectivity index (χ0) is 16.7. The normalized spacial score (nSPS) is 11.6. The van der Waals surface area contributed by atoms with E-state index in [-0.39, 0.29) is 5.41 Å². The van der Waals surface area contributed by atoms with Crippen LogP contribution in [0.25, 0.3) is 0 Å². The SMILES string of the molecule is CC(C)(COCc1ccc(N)cc1)COCc1ccc(N)cc1. The molecule has 0 fully saturated rings. The lowest BCUT2D eigenvalue weighted by Crippen LogP contribution is -2.25. The summed E-state index contributed by atoms with van der Waals surface area (Å²) < 4.78 is 11.6. The smallest absolute Gasteiger partial charge is 0.0717 e. The van der Waals surface area contributed by atoms with E-state index in [1.165, 1.54) is 0 Å². The number of ether oxygens (including phenoxy) is 2. The summed E-state index contributed by atoms with van der Waals surface area (Å²) in [6.07, 6.45) is 0. The number of rotatable bonds is 8. The first kappa shape index (κ1) is 17.3. The molecule has 4 heteroatoms. The first-order valence-electron chi connectivity index (χ1n) is 7.79. The molecule has 0 spiro atoms. The highest BCUT2D eigenvalue weighted by molar-refractivity contribution is 5.39. The number of nitrogens with two attached hydrogens (primary N) is 2. The van der Waals surface area contributed by atoms with E-state index >= 15 is 0 Å². The molecule has 0 saturated heterocycles. The van der Waals surface area contributed by atoms with E-state index in [0.29, 0.717) is 26.4 Å². The van der Waals surface area contributed by atoms with Gasteiger partial charge in [0, 0.05) is 16.8 Å². The van der Waals surface area contributed by atoms with Crippen LogP contribution in [0.2, 0.25) is 0 Å². The Bertz CT molecular complexity index is 538. The molecule has 0 aliphatic carbocycles. The Balaban J connectivity index is 1.69. The highest BCUT2D eigenvalue weighted by atomic mass is 16.5. The highest BCUT2D eigenvalue weighted by Gasteiger charge is 2.18. The van der Waals surface area contributed by atoms with E-state index in [1.807, 2.05) is 48.5 Å².